The Morgan fingerprint density at radius 2 is 1.38 bits per heavy atom. The summed E-state index contributed by atoms with van der Waals surface area (Å²) in [7, 11) is 0. The van der Waals surface area contributed by atoms with Crippen LogP contribution in [0.25, 0.3) is 0 Å². The first kappa shape index (κ1) is 19.9. The van der Waals surface area contributed by atoms with E-state index < -0.39 is 0 Å². The lowest BCUT2D eigenvalue weighted by atomic mass is 10.1. The molecule has 0 bridgehead atoms. The van der Waals surface area contributed by atoms with E-state index in [4.69, 9.17) is 5.11 Å². The fourth-order valence-electron chi connectivity index (χ4n) is 2.12. The molecule has 2 amide bonds. The van der Waals surface area contributed by atoms with Gasteiger partial charge in [-0.3, -0.25) is 9.59 Å². The molecule has 0 spiro atoms. The molecule has 0 rings (SSSR count). The second-order valence-electron chi connectivity index (χ2n) is 5.43. The fourth-order valence-corrected chi connectivity index (χ4v) is 2.12. The van der Waals surface area contributed by atoms with Gasteiger partial charge in [0, 0.05) is 13.0 Å². The van der Waals surface area contributed by atoms with E-state index in [1.54, 1.807) is 0 Å². The van der Waals surface area contributed by atoms with E-state index >= 15 is 0 Å². The molecule has 5 heteroatoms. The molecule has 0 atom stereocenters. The lowest BCUT2D eigenvalue weighted by Crippen LogP contribution is -2.37. The number of aliphatic hydroxyl groups excluding tert-OH is 1. The molecule has 0 fully saturated rings. The maximum Gasteiger partial charge on any atom is 0.239 e. The maximum atomic E-state index is 11.5. The Morgan fingerprint density at radius 3 is 1.95 bits per heavy atom. The molecule has 0 aliphatic rings. The molecular formula is C16H32N2O3. The molecule has 0 saturated carbocycles. The predicted octanol–water partition coefficient (Wildman–Crippen LogP) is 2.13. The van der Waals surface area contributed by atoms with Gasteiger partial charge >= 0.3 is 0 Å². The third kappa shape index (κ3) is 15.1. The summed E-state index contributed by atoms with van der Waals surface area (Å²) in [4.78, 5) is 22.7. The molecule has 0 saturated heterocycles. The van der Waals surface area contributed by atoms with E-state index in [0.717, 1.165) is 12.8 Å². The largest absolute Gasteiger partial charge is 0.395 e. The zero-order valence-corrected chi connectivity index (χ0v) is 13.5. The van der Waals surface area contributed by atoms with E-state index in [1.807, 2.05) is 0 Å². The highest BCUT2D eigenvalue weighted by Gasteiger charge is 2.04. The Kier molecular flexibility index (Phi) is 14.5. The summed E-state index contributed by atoms with van der Waals surface area (Å²) >= 11 is 0. The number of rotatable bonds is 14. The lowest BCUT2D eigenvalue weighted by Gasteiger charge is -2.06. The number of hydrogen-bond acceptors (Lipinski definition) is 3. The lowest BCUT2D eigenvalue weighted by molar-refractivity contribution is -0.126. The van der Waals surface area contributed by atoms with Crippen molar-refractivity contribution < 1.29 is 14.7 Å². The third-order valence-corrected chi connectivity index (χ3v) is 3.39. The van der Waals surface area contributed by atoms with E-state index in [2.05, 4.69) is 17.6 Å². The van der Waals surface area contributed by atoms with Crippen LogP contribution in [-0.2, 0) is 9.59 Å². The number of carbonyl (C=O) groups is 2. The number of nitrogens with one attached hydrogen (secondary N) is 2. The Balaban J connectivity index is 3.28. The first-order valence-corrected chi connectivity index (χ1v) is 8.35. The van der Waals surface area contributed by atoms with Gasteiger partial charge in [-0.25, -0.2) is 0 Å². The minimum Gasteiger partial charge on any atom is -0.395 e. The molecule has 0 heterocycles. The van der Waals surface area contributed by atoms with Gasteiger partial charge in [0.15, 0.2) is 0 Å². The van der Waals surface area contributed by atoms with Gasteiger partial charge < -0.3 is 15.7 Å². The van der Waals surface area contributed by atoms with Crippen LogP contribution < -0.4 is 10.6 Å². The van der Waals surface area contributed by atoms with Crippen molar-refractivity contribution in [3.8, 4) is 0 Å². The van der Waals surface area contributed by atoms with Crippen LogP contribution in [0.4, 0.5) is 0 Å². The smallest absolute Gasteiger partial charge is 0.239 e. The second-order valence-corrected chi connectivity index (χ2v) is 5.43. The summed E-state index contributed by atoms with van der Waals surface area (Å²) in [6.07, 6.45) is 11.5. The van der Waals surface area contributed by atoms with Gasteiger partial charge in [0.1, 0.15) is 0 Å². The maximum absolute atomic E-state index is 11.5. The fraction of sp³-hybridized carbons (Fsp3) is 0.875. The average molecular weight is 300 g/mol. The normalized spacial score (nSPS) is 10.4. The minimum absolute atomic E-state index is 0.00371. The Hall–Kier alpha value is -1.10. The first-order valence-electron chi connectivity index (χ1n) is 8.35. The second kappa shape index (κ2) is 15.3. The molecule has 3 N–H and O–H groups in total. The molecule has 0 radical (unpaired) electrons. The van der Waals surface area contributed by atoms with Crippen LogP contribution in [0.15, 0.2) is 0 Å². The van der Waals surface area contributed by atoms with Gasteiger partial charge in [-0.2, -0.15) is 0 Å². The van der Waals surface area contributed by atoms with Gasteiger partial charge in [0.2, 0.25) is 11.8 Å². The van der Waals surface area contributed by atoms with E-state index in [9.17, 15) is 9.59 Å². The highest BCUT2D eigenvalue weighted by molar-refractivity contribution is 5.84. The number of unbranched alkanes of at least 4 members (excludes halogenated alkanes) is 8. The van der Waals surface area contributed by atoms with Crippen LogP contribution in [0, 0.1) is 0 Å². The Bertz CT molecular complexity index is 270. The van der Waals surface area contributed by atoms with Gasteiger partial charge in [-0.1, -0.05) is 58.3 Å². The van der Waals surface area contributed by atoms with Gasteiger partial charge in [0.25, 0.3) is 0 Å². The van der Waals surface area contributed by atoms with Crippen molar-refractivity contribution in [1.29, 1.82) is 0 Å². The van der Waals surface area contributed by atoms with Crippen molar-refractivity contribution in [1.82, 2.24) is 10.6 Å². The molecule has 5 nitrogen and oxygen atoms in total. The summed E-state index contributed by atoms with van der Waals surface area (Å²) in [5.74, 6) is -0.332. The summed E-state index contributed by atoms with van der Waals surface area (Å²) in [6.45, 7) is 2.36. The Labute approximate surface area is 128 Å². The third-order valence-electron chi connectivity index (χ3n) is 3.39. The summed E-state index contributed by atoms with van der Waals surface area (Å²) in [5.41, 5.74) is 0. The molecule has 21 heavy (non-hydrogen) atoms. The van der Waals surface area contributed by atoms with Crippen molar-refractivity contribution in [2.24, 2.45) is 0 Å². The van der Waals surface area contributed by atoms with Crippen molar-refractivity contribution in [2.75, 3.05) is 19.7 Å². The van der Waals surface area contributed by atoms with Crippen LogP contribution in [0.2, 0.25) is 0 Å². The molecule has 0 aromatic carbocycles. The topological polar surface area (TPSA) is 78.4 Å². The molecular weight excluding hydrogens is 268 g/mol. The summed E-state index contributed by atoms with van der Waals surface area (Å²) < 4.78 is 0. The molecule has 0 unspecified atom stereocenters. The quantitative estimate of drug-likeness (QED) is 0.430. The van der Waals surface area contributed by atoms with Crippen molar-refractivity contribution in [2.45, 2.75) is 71.1 Å². The predicted molar refractivity (Wildman–Crippen MR) is 84.9 cm³/mol. The van der Waals surface area contributed by atoms with E-state index in [1.165, 1.54) is 44.9 Å². The molecule has 0 aromatic heterocycles. The van der Waals surface area contributed by atoms with Crippen molar-refractivity contribution >= 4 is 11.8 Å². The van der Waals surface area contributed by atoms with Gasteiger partial charge in [-0.05, 0) is 6.42 Å². The standard InChI is InChI=1S/C16H32N2O3/c1-2-3-4-5-6-7-8-9-10-11-15(20)18-14-16(21)17-12-13-19/h19H,2-14H2,1H3,(H,17,21)(H,18,20). The minimum atomic E-state index is -0.260. The number of aliphatic hydroxyl groups is 1. The van der Waals surface area contributed by atoms with Gasteiger partial charge in [0.05, 0.1) is 13.2 Å². The van der Waals surface area contributed by atoms with Crippen LogP contribution in [0.1, 0.15) is 71.1 Å². The molecule has 0 aliphatic heterocycles. The Morgan fingerprint density at radius 1 is 0.810 bits per heavy atom. The van der Waals surface area contributed by atoms with Crippen LogP contribution in [0.3, 0.4) is 0 Å². The van der Waals surface area contributed by atoms with E-state index in [0.29, 0.717) is 6.42 Å². The summed E-state index contributed by atoms with van der Waals surface area (Å²) in [6, 6.07) is 0. The molecule has 0 aliphatic carbocycles. The van der Waals surface area contributed by atoms with E-state index in [-0.39, 0.29) is 31.5 Å². The van der Waals surface area contributed by atoms with Crippen LogP contribution >= 0.6 is 0 Å². The zero-order valence-electron chi connectivity index (χ0n) is 13.5. The van der Waals surface area contributed by atoms with Crippen molar-refractivity contribution in [3.63, 3.8) is 0 Å². The summed E-state index contributed by atoms with van der Waals surface area (Å²) in [5, 5.41) is 13.6. The van der Waals surface area contributed by atoms with Crippen LogP contribution in [-0.4, -0.2) is 36.6 Å². The van der Waals surface area contributed by atoms with Crippen molar-refractivity contribution in [3.05, 3.63) is 0 Å². The SMILES string of the molecule is CCCCCCCCCCCC(=O)NCC(=O)NCCO. The molecule has 0 aromatic rings. The number of amides is 2. The van der Waals surface area contributed by atoms with Gasteiger partial charge in [-0.15, -0.1) is 0 Å². The first-order chi connectivity index (χ1) is 10.2. The molecule has 124 valence electrons. The number of hydrogen-bond donors (Lipinski definition) is 3. The monoisotopic (exact) mass is 300 g/mol. The zero-order chi connectivity index (χ0) is 15.8. The highest BCUT2D eigenvalue weighted by Crippen LogP contribution is 2.10. The number of carbonyl (C=O) groups excluding carboxylic acids is 2. The average Bonchev–Trinajstić information content (AvgIpc) is 2.49. The van der Waals surface area contributed by atoms with Crippen LogP contribution in [0.5, 0.6) is 0 Å². The highest BCUT2D eigenvalue weighted by atomic mass is 16.3.